The Kier molecular flexibility index (Phi) is 3.17. The molecule has 2 nitrogen and oxygen atoms in total. The number of likely N-dealkylation sites (N-methyl/N-ethyl adjacent to an activating group) is 1. The number of para-hydroxylation sites is 1. The number of carbonyl (C=O) groups is 1. The molecule has 0 saturated heterocycles. The lowest BCUT2D eigenvalue weighted by Gasteiger charge is -2.23. The second-order valence-electron chi connectivity index (χ2n) is 5.96. The summed E-state index contributed by atoms with van der Waals surface area (Å²) in [5.41, 5.74) is 4.43. The highest BCUT2D eigenvalue weighted by atomic mass is 16.1. The van der Waals surface area contributed by atoms with E-state index in [4.69, 9.17) is 0 Å². The van der Waals surface area contributed by atoms with Crippen LogP contribution in [0.15, 0.2) is 72.0 Å². The van der Waals surface area contributed by atoms with Gasteiger partial charge in [0.15, 0.2) is 5.78 Å². The molecule has 0 radical (unpaired) electrons. The van der Waals surface area contributed by atoms with Gasteiger partial charge >= 0.3 is 0 Å². The molecule has 21 heavy (non-hydrogen) atoms. The molecule has 0 bridgehead atoms. The molecule has 0 N–H and O–H groups in total. The summed E-state index contributed by atoms with van der Waals surface area (Å²) >= 11 is 0. The number of benzene rings is 1. The molecule has 0 saturated carbocycles. The van der Waals surface area contributed by atoms with Crippen molar-refractivity contribution in [2.24, 2.45) is 0 Å². The Bertz CT molecular complexity index is 717. The van der Waals surface area contributed by atoms with Gasteiger partial charge in [-0.1, -0.05) is 50.3 Å². The van der Waals surface area contributed by atoms with Crippen LogP contribution in [0.4, 0.5) is 5.69 Å². The van der Waals surface area contributed by atoms with Crippen LogP contribution in [0, 0.1) is 0 Å². The van der Waals surface area contributed by atoms with Crippen molar-refractivity contribution >= 4 is 11.5 Å². The monoisotopic (exact) mass is 277 g/mol. The molecule has 3 rings (SSSR count). The Morgan fingerprint density at radius 1 is 1.05 bits per heavy atom. The summed E-state index contributed by atoms with van der Waals surface area (Å²) in [7, 11) is 2.08. The van der Waals surface area contributed by atoms with Crippen molar-refractivity contribution < 1.29 is 4.79 Å². The van der Waals surface area contributed by atoms with Gasteiger partial charge in [0.25, 0.3) is 0 Å². The average Bonchev–Trinajstić information content (AvgIpc) is 2.67. The number of anilines is 1. The zero-order valence-electron chi connectivity index (χ0n) is 12.6. The van der Waals surface area contributed by atoms with E-state index in [1.807, 2.05) is 18.2 Å². The van der Waals surface area contributed by atoms with Gasteiger partial charge in [0.05, 0.1) is 0 Å². The SMILES string of the molecule is CN1/C(=C\C=C2/C=CC=CC2=O)C(C)(C)c2ccccc21. The fourth-order valence-electron chi connectivity index (χ4n) is 3.09. The van der Waals surface area contributed by atoms with E-state index in [0.29, 0.717) is 0 Å². The second-order valence-corrected chi connectivity index (χ2v) is 5.96. The Morgan fingerprint density at radius 2 is 1.76 bits per heavy atom. The molecule has 1 aliphatic heterocycles. The maximum absolute atomic E-state index is 11.8. The lowest BCUT2D eigenvalue weighted by Crippen LogP contribution is -2.22. The molecular weight excluding hydrogens is 258 g/mol. The predicted molar refractivity (Wildman–Crippen MR) is 87.3 cm³/mol. The van der Waals surface area contributed by atoms with Crippen LogP contribution in [0.1, 0.15) is 19.4 Å². The highest BCUT2D eigenvalue weighted by Gasteiger charge is 2.37. The Balaban J connectivity index is 2.02. The van der Waals surface area contributed by atoms with Gasteiger partial charge in [-0.25, -0.2) is 0 Å². The standard InChI is InChI=1S/C19H19NO/c1-19(2)15-9-5-6-10-16(15)20(3)18(19)13-12-14-8-4-7-11-17(14)21/h4-13H,1-3H3/b14-12+,18-13-. The second kappa shape index (κ2) is 4.88. The molecule has 0 amide bonds. The lowest BCUT2D eigenvalue weighted by atomic mass is 9.83. The van der Waals surface area contributed by atoms with E-state index in [1.54, 1.807) is 12.2 Å². The summed E-state index contributed by atoms with van der Waals surface area (Å²) in [6.45, 7) is 4.44. The first-order valence-electron chi connectivity index (χ1n) is 7.16. The average molecular weight is 277 g/mol. The van der Waals surface area contributed by atoms with Crippen molar-refractivity contribution in [2.45, 2.75) is 19.3 Å². The highest BCUT2D eigenvalue weighted by Crippen LogP contribution is 2.46. The molecule has 1 heterocycles. The van der Waals surface area contributed by atoms with Crippen LogP contribution in [0.3, 0.4) is 0 Å². The maximum atomic E-state index is 11.8. The molecule has 1 aliphatic carbocycles. The van der Waals surface area contributed by atoms with Crippen LogP contribution in [0.25, 0.3) is 0 Å². The van der Waals surface area contributed by atoms with Gasteiger partial charge in [0, 0.05) is 29.4 Å². The number of nitrogens with zero attached hydrogens (tertiary/aromatic N) is 1. The molecule has 2 heteroatoms. The molecule has 0 aromatic heterocycles. The van der Waals surface area contributed by atoms with Crippen LogP contribution in [0.2, 0.25) is 0 Å². The van der Waals surface area contributed by atoms with Gasteiger partial charge in [-0.2, -0.15) is 0 Å². The summed E-state index contributed by atoms with van der Waals surface area (Å²) < 4.78 is 0. The number of hydrogen-bond acceptors (Lipinski definition) is 2. The van der Waals surface area contributed by atoms with Gasteiger partial charge in [-0.3, -0.25) is 4.79 Å². The van der Waals surface area contributed by atoms with Gasteiger partial charge in [-0.05, 0) is 29.9 Å². The van der Waals surface area contributed by atoms with E-state index in [-0.39, 0.29) is 11.2 Å². The van der Waals surface area contributed by atoms with Crippen molar-refractivity contribution in [3.8, 4) is 0 Å². The molecule has 0 unspecified atom stereocenters. The zero-order chi connectivity index (χ0) is 15.0. The van der Waals surface area contributed by atoms with Crippen LogP contribution in [-0.4, -0.2) is 12.8 Å². The van der Waals surface area contributed by atoms with Crippen LogP contribution < -0.4 is 4.90 Å². The van der Waals surface area contributed by atoms with Crippen LogP contribution >= 0.6 is 0 Å². The lowest BCUT2D eigenvalue weighted by molar-refractivity contribution is -0.111. The third kappa shape index (κ3) is 2.17. The van der Waals surface area contributed by atoms with Crippen LogP contribution in [-0.2, 0) is 10.2 Å². The van der Waals surface area contributed by atoms with Gasteiger partial charge in [0.2, 0.25) is 0 Å². The Morgan fingerprint density at radius 3 is 2.48 bits per heavy atom. The van der Waals surface area contributed by atoms with E-state index in [2.05, 4.69) is 56.1 Å². The number of allylic oxidation sites excluding steroid dienone is 8. The number of hydrogen-bond donors (Lipinski definition) is 0. The number of carbonyl (C=O) groups excluding carboxylic acids is 1. The third-order valence-electron chi connectivity index (χ3n) is 4.28. The van der Waals surface area contributed by atoms with E-state index < -0.39 is 0 Å². The Labute approximate surface area is 125 Å². The summed E-state index contributed by atoms with van der Waals surface area (Å²) in [6, 6.07) is 8.45. The fraction of sp³-hybridized carbons (Fsp3) is 0.211. The molecule has 1 aromatic rings. The van der Waals surface area contributed by atoms with Crippen molar-refractivity contribution in [1.82, 2.24) is 0 Å². The topological polar surface area (TPSA) is 20.3 Å². The molecule has 0 atom stereocenters. The first-order valence-corrected chi connectivity index (χ1v) is 7.16. The zero-order valence-corrected chi connectivity index (χ0v) is 12.6. The molecule has 2 aliphatic rings. The summed E-state index contributed by atoms with van der Waals surface area (Å²) in [4.78, 5) is 14.0. The van der Waals surface area contributed by atoms with Crippen molar-refractivity contribution in [3.05, 3.63) is 77.6 Å². The van der Waals surface area contributed by atoms with Gasteiger partial charge in [0.1, 0.15) is 0 Å². The Hall–Kier alpha value is -2.35. The molecule has 0 spiro atoms. The van der Waals surface area contributed by atoms with Crippen molar-refractivity contribution in [3.63, 3.8) is 0 Å². The van der Waals surface area contributed by atoms with Crippen molar-refractivity contribution in [1.29, 1.82) is 0 Å². The van der Waals surface area contributed by atoms with Crippen LogP contribution in [0.5, 0.6) is 0 Å². The third-order valence-corrected chi connectivity index (χ3v) is 4.28. The largest absolute Gasteiger partial charge is 0.347 e. The van der Waals surface area contributed by atoms with E-state index in [1.165, 1.54) is 16.9 Å². The summed E-state index contributed by atoms with van der Waals surface area (Å²) in [6.07, 6.45) is 11.1. The first-order chi connectivity index (χ1) is 10.0. The molecule has 106 valence electrons. The normalized spacial score (nSPS) is 23.2. The quantitative estimate of drug-likeness (QED) is 0.725. The predicted octanol–water partition coefficient (Wildman–Crippen LogP) is 3.92. The van der Waals surface area contributed by atoms with E-state index in [0.717, 1.165) is 5.57 Å². The number of fused-ring (bicyclic) bond motifs is 1. The highest BCUT2D eigenvalue weighted by molar-refractivity contribution is 6.07. The van der Waals surface area contributed by atoms with Gasteiger partial charge < -0.3 is 4.90 Å². The van der Waals surface area contributed by atoms with E-state index in [9.17, 15) is 4.79 Å². The number of rotatable bonds is 1. The summed E-state index contributed by atoms with van der Waals surface area (Å²) in [5, 5.41) is 0. The number of ketones is 1. The molecule has 0 fully saturated rings. The maximum Gasteiger partial charge on any atom is 0.185 e. The minimum atomic E-state index is -0.0559. The van der Waals surface area contributed by atoms with Gasteiger partial charge in [-0.15, -0.1) is 0 Å². The minimum Gasteiger partial charge on any atom is -0.347 e. The minimum absolute atomic E-state index is 0.0559. The van der Waals surface area contributed by atoms with E-state index >= 15 is 0 Å². The van der Waals surface area contributed by atoms with Crippen molar-refractivity contribution in [2.75, 3.05) is 11.9 Å². The molecular formula is C19H19NO. The smallest absolute Gasteiger partial charge is 0.185 e. The fourth-order valence-corrected chi connectivity index (χ4v) is 3.09. The molecule has 1 aromatic carbocycles. The first kappa shape index (κ1) is 13.6. The summed E-state index contributed by atoms with van der Waals surface area (Å²) in [5.74, 6) is 0.0605.